The van der Waals surface area contributed by atoms with E-state index < -0.39 is 0 Å². The van der Waals surface area contributed by atoms with Crippen LogP contribution in [-0.4, -0.2) is 29.2 Å². The number of carbonyl (C=O) groups is 3. The first-order valence-electron chi connectivity index (χ1n) is 10.3. The highest BCUT2D eigenvalue weighted by atomic mass is 16.2. The van der Waals surface area contributed by atoms with Gasteiger partial charge in [-0.15, -0.1) is 0 Å². The summed E-state index contributed by atoms with van der Waals surface area (Å²) in [6.07, 6.45) is 3.49. The number of benzene rings is 2. The number of fused-ring (bicyclic) bond motifs is 1. The van der Waals surface area contributed by atoms with E-state index in [1.54, 1.807) is 0 Å². The molecule has 1 aliphatic carbocycles. The van der Waals surface area contributed by atoms with Crippen LogP contribution in [0.5, 0.6) is 0 Å². The summed E-state index contributed by atoms with van der Waals surface area (Å²) in [5.74, 6) is -1.08. The second-order valence-corrected chi connectivity index (χ2v) is 8.04. The molecular formula is C24H26N2O3. The summed E-state index contributed by atoms with van der Waals surface area (Å²) in [4.78, 5) is 38.8. The highest BCUT2D eigenvalue weighted by Crippen LogP contribution is 2.37. The first-order chi connectivity index (χ1) is 14.0. The van der Waals surface area contributed by atoms with Gasteiger partial charge >= 0.3 is 0 Å². The molecule has 5 heteroatoms. The minimum Gasteiger partial charge on any atom is -0.348 e. The van der Waals surface area contributed by atoms with Gasteiger partial charge in [-0.25, -0.2) is 0 Å². The Morgan fingerprint density at radius 2 is 1.48 bits per heavy atom. The number of hydrogen-bond donors (Lipinski definition) is 1. The average molecular weight is 390 g/mol. The number of carbonyl (C=O) groups excluding carboxylic acids is 3. The van der Waals surface area contributed by atoms with E-state index in [2.05, 4.69) is 17.4 Å². The molecule has 2 fully saturated rings. The molecule has 0 unspecified atom stereocenters. The van der Waals surface area contributed by atoms with Gasteiger partial charge in [0, 0.05) is 0 Å². The van der Waals surface area contributed by atoms with Gasteiger partial charge in [0.25, 0.3) is 0 Å². The van der Waals surface area contributed by atoms with E-state index in [9.17, 15) is 14.4 Å². The van der Waals surface area contributed by atoms with Crippen LogP contribution in [-0.2, 0) is 14.4 Å². The van der Waals surface area contributed by atoms with Crippen LogP contribution in [0, 0.1) is 11.8 Å². The molecule has 0 spiro atoms. The van der Waals surface area contributed by atoms with E-state index in [4.69, 9.17) is 0 Å². The van der Waals surface area contributed by atoms with Gasteiger partial charge < -0.3 is 5.32 Å². The lowest BCUT2D eigenvalue weighted by molar-refractivity contribution is -0.143. The molecule has 0 bridgehead atoms. The van der Waals surface area contributed by atoms with E-state index in [0.29, 0.717) is 0 Å². The molecular weight excluding hydrogens is 364 g/mol. The molecule has 2 aromatic rings. The van der Waals surface area contributed by atoms with Crippen molar-refractivity contribution in [1.82, 2.24) is 10.2 Å². The Morgan fingerprint density at radius 1 is 0.931 bits per heavy atom. The summed E-state index contributed by atoms with van der Waals surface area (Å²) < 4.78 is 0. The molecule has 3 amide bonds. The predicted octanol–water partition coefficient (Wildman–Crippen LogP) is 3.71. The topological polar surface area (TPSA) is 66.5 Å². The minimum absolute atomic E-state index is 0.172. The summed E-state index contributed by atoms with van der Waals surface area (Å²) >= 11 is 0. The summed E-state index contributed by atoms with van der Waals surface area (Å²) in [7, 11) is 0. The molecule has 1 heterocycles. The molecule has 0 aromatic heterocycles. The maximum atomic E-state index is 12.5. The summed E-state index contributed by atoms with van der Waals surface area (Å²) in [6, 6.07) is 18.0. The Hall–Kier alpha value is -2.95. The van der Waals surface area contributed by atoms with Crippen molar-refractivity contribution in [2.45, 2.75) is 38.6 Å². The molecule has 1 N–H and O–H groups in total. The summed E-state index contributed by atoms with van der Waals surface area (Å²) in [5.41, 5.74) is 3.23. The molecule has 2 aliphatic rings. The van der Waals surface area contributed by atoms with Crippen molar-refractivity contribution in [2.24, 2.45) is 11.8 Å². The average Bonchev–Trinajstić information content (AvgIpc) is 2.99. The van der Waals surface area contributed by atoms with Crippen molar-refractivity contribution in [3.8, 4) is 11.1 Å². The van der Waals surface area contributed by atoms with E-state index >= 15 is 0 Å². The molecule has 4 rings (SSSR count). The normalized spacial score (nSPS) is 22.3. The first-order valence-corrected chi connectivity index (χ1v) is 10.3. The van der Waals surface area contributed by atoms with Crippen LogP contribution in [0.4, 0.5) is 0 Å². The number of amides is 3. The fourth-order valence-electron chi connectivity index (χ4n) is 4.50. The summed E-state index contributed by atoms with van der Waals surface area (Å²) in [5, 5.41) is 2.92. The van der Waals surface area contributed by atoms with E-state index in [-0.39, 0.29) is 42.1 Å². The van der Waals surface area contributed by atoms with Crippen LogP contribution in [0.2, 0.25) is 0 Å². The van der Waals surface area contributed by atoms with Crippen LogP contribution in [0.3, 0.4) is 0 Å². The second-order valence-electron chi connectivity index (χ2n) is 8.04. The fraction of sp³-hybridized carbons (Fsp3) is 0.375. The van der Waals surface area contributed by atoms with Gasteiger partial charge in [0.05, 0.1) is 17.9 Å². The van der Waals surface area contributed by atoms with Crippen molar-refractivity contribution in [3.63, 3.8) is 0 Å². The lowest BCUT2D eigenvalue weighted by atomic mass is 9.81. The van der Waals surface area contributed by atoms with Crippen LogP contribution >= 0.6 is 0 Å². The highest BCUT2D eigenvalue weighted by Gasteiger charge is 2.48. The van der Waals surface area contributed by atoms with Crippen LogP contribution in [0.25, 0.3) is 11.1 Å². The van der Waals surface area contributed by atoms with Gasteiger partial charge in [-0.2, -0.15) is 0 Å². The lowest BCUT2D eigenvalue weighted by Crippen LogP contribution is -2.41. The Balaban J connectivity index is 1.37. The molecule has 2 aromatic carbocycles. The first kappa shape index (κ1) is 19.4. The third-order valence-electron chi connectivity index (χ3n) is 6.13. The molecule has 29 heavy (non-hydrogen) atoms. The quantitative estimate of drug-likeness (QED) is 0.792. The third-order valence-corrected chi connectivity index (χ3v) is 6.13. The molecule has 0 radical (unpaired) electrons. The van der Waals surface area contributed by atoms with Crippen molar-refractivity contribution in [3.05, 3.63) is 60.2 Å². The lowest BCUT2D eigenvalue weighted by Gasteiger charge is -2.19. The number of rotatable bonds is 5. The zero-order valence-corrected chi connectivity index (χ0v) is 16.6. The third kappa shape index (κ3) is 3.95. The van der Waals surface area contributed by atoms with Crippen LogP contribution < -0.4 is 5.32 Å². The van der Waals surface area contributed by atoms with Crippen LogP contribution in [0.1, 0.15) is 44.2 Å². The maximum absolute atomic E-state index is 12.5. The van der Waals surface area contributed by atoms with E-state index in [0.717, 1.165) is 42.4 Å². The SMILES string of the molecule is C[C@H](NC(=O)CN1C(=O)[C@H]2CCCC[C@@H]2C1=O)c1ccc(-c2ccccc2)cc1. The number of likely N-dealkylation sites (tertiary alicyclic amines) is 1. The second kappa shape index (κ2) is 8.19. The van der Waals surface area contributed by atoms with Gasteiger partial charge in [0.15, 0.2) is 0 Å². The number of nitrogens with one attached hydrogen (secondary N) is 1. The van der Waals surface area contributed by atoms with Gasteiger partial charge in [0.1, 0.15) is 6.54 Å². The zero-order valence-electron chi connectivity index (χ0n) is 16.6. The van der Waals surface area contributed by atoms with Gasteiger partial charge in [-0.3, -0.25) is 19.3 Å². The van der Waals surface area contributed by atoms with E-state index in [1.807, 2.05) is 49.4 Å². The monoisotopic (exact) mass is 390 g/mol. The van der Waals surface area contributed by atoms with E-state index in [1.165, 1.54) is 4.90 Å². The van der Waals surface area contributed by atoms with Crippen molar-refractivity contribution >= 4 is 17.7 Å². The Labute approximate surface area is 171 Å². The molecule has 1 saturated heterocycles. The number of nitrogens with zero attached hydrogens (tertiary/aromatic N) is 1. The molecule has 1 saturated carbocycles. The minimum atomic E-state index is -0.301. The number of hydrogen-bond acceptors (Lipinski definition) is 3. The van der Waals surface area contributed by atoms with Crippen molar-refractivity contribution < 1.29 is 14.4 Å². The highest BCUT2D eigenvalue weighted by molar-refractivity contribution is 6.07. The molecule has 150 valence electrons. The smallest absolute Gasteiger partial charge is 0.240 e. The van der Waals surface area contributed by atoms with Gasteiger partial charge in [-0.1, -0.05) is 67.4 Å². The van der Waals surface area contributed by atoms with Crippen molar-refractivity contribution in [1.29, 1.82) is 0 Å². The largest absolute Gasteiger partial charge is 0.348 e. The molecule has 3 atom stereocenters. The molecule has 1 aliphatic heterocycles. The van der Waals surface area contributed by atoms with Crippen LogP contribution in [0.15, 0.2) is 54.6 Å². The fourth-order valence-corrected chi connectivity index (χ4v) is 4.50. The zero-order chi connectivity index (χ0) is 20.4. The number of imide groups is 1. The Kier molecular flexibility index (Phi) is 5.47. The standard InChI is InChI=1S/C24H26N2O3/c1-16(17-11-13-19(14-12-17)18-7-3-2-4-8-18)25-22(27)15-26-23(28)20-9-5-6-10-21(20)24(26)29/h2-4,7-8,11-14,16,20-21H,5-6,9-10,15H2,1H3,(H,25,27)/t16-,20-,21-/m0/s1. The van der Waals surface area contributed by atoms with Gasteiger partial charge in [-0.05, 0) is 36.5 Å². The maximum Gasteiger partial charge on any atom is 0.240 e. The van der Waals surface area contributed by atoms with Crippen molar-refractivity contribution in [2.75, 3.05) is 6.54 Å². The Morgan fingerprint density at radius 3 is 2.07 bits per heavy atom. The predicted molar refractivity (Wildman–Crippen MR) is 111 cm³/mol. The molecule has 5 nitrogen and oxygen atoms in total. The van der Waals surface area contributed by atoms with Gasteiger partial charge in [0.2, 0.25) is 17.7 Å². The Bertz CT molecular complexity index is 883. The summed E-state index contributed by atoms with van der Waals surface area (Å²) in [6.45, 7) is 1.72.